The number of aryl methyl sites for hydroxylation is 3. The molecule has 2 fully saturated rings. The van der Waals surface area contributed by atoms with Crippen LogP contribution in [0, 0.1) is 19.8 Å². The first-order chi connectivity index (χ1) is 16.0. The highest BCUT2D eigenvalue weighted by Crippen LogP contribution is 2.31. The molecule has 2 aliphatic rings. The van der Waals surface area contributed by atoms with E-state index in [0.717, 1.165) is 61.4 Å². The number of hydrogen-bond donors (Lipinski definition) is 0. The molecule has 33 heavy (non-hydrogen) atoms. The van der Waals surface area contributed by atoms with Crippen LogP contribution in [0.25, 0.3) is 5.65 Å². The van der Waals surface area contributed by atoms with E-state index in [4.69, 9.17) is 14.7 Å². The average Bonchev–Trinajstić information content (AvgIpc) is 3.62. The Balaban J connectivity index is 1.42. The number of amides is 1. The minimum atomic E-state index is -0.00149. The zero-order valence-electron chi connectivity index (χ0n) is 20.0. The molecule has 174 valence electrons. The van der Waals surface area contributed by atoms with Gasteiger partial charge in [0.05, 0.1) is 12.3 Å². The maximum absolute atomic E-state index is 13.8. The SMILES string of the molecule is CCc1ccc(OCC2CC2)c(C(=O)N2CCCCC2Cc2nc3c(C)cccn3c2C)n1. The van der Waals surface area contributed by atoms with Crippen LogP contribution < -0.4 is 4.74 Å². The molecule has 5 rings (SSSR count). The van der Waals surface area contributed by atoms with E-state index in [1.807, 2.05) is 17.0 Å². The number of ether oxygens (including phenoxy) is 1. The second-order valence-electron chi connectivity index (χ2n) is 9.64. The number of aromatic nitrogens is 3. The molecular weight excluding hydrogens is 412 g/mol. The minimum Gasteiger partial charge on any atom is -0.491 e. The number of piperidine rings is 1. The number of nitrogens with zero attached hydrogens (tertiary/aromatic N) is 4. The first-order valence-corrected chi connectivity index (χ1v) is 12.4. The number of carbonyl (C=O) groups excluding carboxylic acids is 1. The van der Waals surface area contributed by atoms with Crippen LogP contribution in [-0.4, -0.2) is 44.4 Å². The van der Waals surface area contributed by atoms with Gasteiger partial charge in [0.1, 0.15) is 5.65 Å². The van der Waals surface area contributed by atoms with Crippen LogP contribution >= 0.6 is 0 Å². The van der Waals surface area contributed by atoms with Gasteiger partial charge in [0, 0.05) is 36.6 Å². The number of rotatable bonds is 7. The maximum atomic E-state index is 13.8. The summed E-state index contributed by atoms with van der Waals surface area (Å²) in [6, 6.07) is 8.20. The molecule has 6 heteroatoms. The summed E-state index contributed by atoms with van der Waals surface area (Å²) in [7, 11) is 0. The van der Waals surface area contributed by atoms with E-state index in [0.29, 0.717) is 24.0 Å². The van der Waals surface area contributed by atoms with Crippen LogP contribution in [0.4, 0.5) is 0 Å². The number of imidazole rings is 1. The summed E-state index contributed by atoms with van der Waals surface area (Å²) in [5.74, 6) is 1.26. The standard InChI is InChI=1S/C27H34N4O2/c1-4-21-12-13-24(33-17-20-10-11-20)25(28-21)27(32)31-14-6-5-9-22(31)16-23-19(3)30-15-7-8-18(2)26(30)29-23/h7-8,12-13,15,20,22H,4-6,9-11,14,16-17H2,1-3H3. The van der Waals surface area contributed by atoms with Crippen molar-refractivity contribution in [1.82, 2.24) is 19.3 Å². The molecule has 3 aromatic rings. The normalized spacial score (nSPS) is 18.6. The number of fused-ring (bicyclic) bond motifs is 1. The summed E-state index contributed by atoms with van der Waals surface area (Å²) in [5.41, 5.74) is 5.82. The molecule has 0 spiro atoms. The van der Waals surface area contributed by atoms with Crippen molar-refractivity contribution in [2.24, 2.45) is 5.92 Å². The Kier molecular flexibility index (Phi) is 6.09. The Bertz CT molecular complexity index is 1160. The number of likely N-dealkylation sites (tertiary alicyclic amines) is 1. The van der Waals surface area contributed by atoms with E-state index >= 15 is 0 Å². The molecule has 0 N–H and O–H groups in total. The van der Waals surface area contributed by atoms with Gasteiger partial charge in [-0.3, -0.25) is 4.79 Å². The van der Waals surface area contributed by atoms with Crippen LogP contribution in [0.15, 0.2) is 30.5 Å². The predicted molar refractivity (Wildman–Crippen MR) is 129 cm³/mol. The van der Waals surface area contributed by atoms with Gasteiger partial charge in [0.25, 0.3) is 5.91 Å². The first kappa shape index (κ1) is 21.9. The first-order valence-electron chi connectivity index (χ1n) is 12.4. The Hall–Kier alpha value is -2.89. The van der Waals surface area contributed by atoms with Gasteiger partial charge in [-0.2, -0.15) is 0 Å². The fourth-order valence-corrected chi connectivity index (χ4v) is 4.85. The summed E-state index contributed by atoms with van der Waals surface area (Å²) in [6.45, 7) is 7.72. The fraction of sp³-hybridized carbons (Fsp3) is 0.519. The van der Waals surface area contributed by atoms with Crippen LogP contribution in [0.5, 0.6) is 5.75 Å². The van der Waals surface area contributed by atoms with Gasteiger partial charge in [-0.05, 0) is 82.1 Å². The molecule has 0 aromatic carbocycles. The van der Waals surface area contributed by atoms with Gasteiger partial charge in [0.2, 0.25) is 0 Å². The van der Waals surface area contributed by atoms with Crippen LogP contribution in [0.1, 0.15) is 72.2 Å². The topological polar surface area (TPSA) is 59.7 Å². The van der Waals surface area contributed by atoms with E-state index in [-0.39, 0.29) is 11.9 Å². The number of pyridine rings is 2. The lowest BCUT2D eigenvalue weighted by molar-refractivity contribution is 0.0600. The summed E-state index contributed by atoms with van der Waals surface area (Å²) in [4.78, 5) is 25.5. The zero-order chi connectivity index (χ0) is 22.9. The quantitative estimate of drug-likeness (QED) is 0.516. The lowest BCUT2D eigenvalue weighted by atomic mass is 9.96. The van der Waals surface area contributed by atoms with Crippen molar-refractivity contribution < 1.29 is 9.53 Å². The van der Waals surface area contributed by atoms with Gasteiger partial charge in [0.15, 0.2) is 11.4 Å². The molecular formula is C27H34N4O2. The lowest BCUT2D eigenvalue weighted by Gasteiger charge is -2.35. The van der Waals surface area contributed by atoms with E-state index in [1.165, 1.54) is 18.4 Å². The van der Waals surface area contributed by atoms with E-state index in [1.54, 1.807) is 0 Å². The Morgan fingerprint density at radius 1 is 1.12 bits per heavy atom. The lowest BCUT2D eigenvalue weighted by Crippen LogP contribution is -2.45. The van der Waals surface area contributed by atoms with Crippen molar-refractivity contribution in [3.05, 3.63) is 58.8 Å². The molecule has 0 radical (unpaired) electrons. The third kappa shape index (κ3) is 4.48. The third-order valence-corrected chi connectivity index (χ3v) is 7.15. The molecule has 1 aliphatic carbocycles. The van der Waals surface area contributed by atoms with Crippen molar-refractivity contribution in [3.63, 3.8) is 0 Å². The fourth-order valence-electron chi connectivity index (χ4n) is 4.85. The van der Waals surface area contributed by atoms with Crippen molar-refractivity contribution in [3.8, 4) is 5.75 Å². The molecule has 1 amide bonds. The molecule has 6 nitrogen and oxygen atoms in total. The molecule has 4 heterocycles. The smallest absolute Gasteiger partial charge is 0.276 e. The Labute approximate surface area is 196 Å². The van der Waals surface area contributed by atoms with Crippen molar-refractivity contribution >= 4 is 11.6 Å². The third-order valence-electron chi connectivity index (χ3n) is 7.15. The molecule has 1 aliphatic heterocycles. The summed E-state index contributed by atoms with van der Waals surface area (Å²) in [6.07, 6.45) is 9.22. The van der Waals surface area contributed by atoms with E-state index in [2.05, 4.69) is 43.5 Å². The highest BCUT2D eigenvalue weighted by molar-refractivity contribution is 5.95. The zero-order valence-corrected chi connectivity index (χ0v) is 20.0. The van der Waals surface area contributed by atoms with E-state index < -0.39 is 0 Å². The Morgan fingerprint density at radius 2 is 1.97 bits per heavy atom. The van der Waals surface area contributed by atoms with Crippen LogP contribution in [0.3, 0.4) is 0 Å². The van der Waals surface area contributed by atoms with Crippen molar-refractivity contribution in [2.45, 2.75) is 71.8 Å². The molecule has 1 saturated carbocycles. The average molecular weight is 447 g/mol. The van der Waals surface area contributed by atoms with Crippen LogP contribution in [0.2, 0.25) is 0 Å². The summed E-state index contributed by atoms with van der Waals surface area (Å²) >= 11 is 0. The monoisotopic (exact) mass is 446 g/mol. The van der Waals surface area contributed by atoms with Crippen LogP contribution in [-0.2, 0) is 12.8 Å². The molecule has 1 atom stereocenters. The second kappa shape index (κ2) is 9.16. The van der Waals surface area contributed by atoms with E-state index in [9.17, 15) is 4.79 Å². The molecule has 0 bridgehead atoms. The van der Waals surface area contributed by atoms with Gasteiger partial charge in [-0.15, -0.1) is 0 Å². The highest BCUT2D eigenvalue weighted by Gasteiger charge is 2.32. The minimum absolute atomic E-state index is 0.00149. The number of carbonyl (C=O) groups is 1. The highest BCUT2D eigenvalue weighted by atomic mass is 16.5. The largest absolute Gasteiger partial charge is 0.491 e. The van der Waals surface area contributed by atoms with Gasteiger partial charge in [-0.25, -0.2) is 9.97 Å². The second-order valence-corrected chi connectivity index (χ2v) is 9.64. The maximum Gasteiger partial charge on any atom is 0.276 e. The Morgan fingerprint density at radius 3 is 2.73 bits per heavy atom. The van der Waals surface area contributed by atoms with Crippen molar-refractivity contribution in [1.29, 1.82) is 0 Å². The summed E-state index contributed by atoms with van der Waals surface area (Å²) in [5, 5.41) is 0. The van der Waals surface area contributed by atoms with Gasteiger partial charge < -0.3 is 14.0 Å². The predicted octanol–water partition coefficient (Wildman–Crippen LogP) is 4.93. The van der Waals surface area contributed by atoms with Gasteiger partial charge in [-0.1, -0.05) is 13.0 Å². The molecule has 1 saturated heterocycles. The van der Waals surface area contributed by atoms with Crippen molar-refractivity contribution in [2.75, 3.05) is 13.2 Å². The van der Waals surface area contributed by atoms with Gasteiger partial charge >= 0.3 is 0 Å². The molecule has 1 unspecified atom stereocenters. The number of hydrogen-bond acceptors (Lipinski definition) is 4. The molecule has 3 aromatic heterocycles. The summed E-state index contributed by atoms with van der Waals surface area (Å²) < 4.78 is 8.24.